The van der Waals surface area contributed by atoms with Crippen LogP contribution in [0.4, 0.5) is 5.69 Å². The Hall–Kier alpha value is -4.40. The lowest BCUT2D eigenvalue weighted by atomic mass is 10.0. The Morgan fingerprint density at radius 1 is 1.10 bits per heavy atom. The van der Waals surface area contributed by atoms with Gasteiger partial charge in [-0.3, -0.25) is 24.5 Å². The Balaban J connectivity index is 1.70. The van der Waals surface area contributed by atoms with Gasteiger partial charge in [-0.15, -0.1) is 0 Å². The number of aliphatic carboxylic acids is 1. The standard InChI is InChI=1S/C26H24ClN5O8S/c27-22-10-9-19(15-28-22)26(36)30-11-12-31(41(39,40)16-17-5-2-1-3-6-17)25(30)24(35)29-21(14-23(33)34)18-7-4-8-20(13-18)32(37)38/h1-10,13,15,21,25H,11-12,14,16H2,(H,29,35)(H,33,34). The number of nitrogens with one attached hydrogen (secondary N) is 1. The average molecular weight is 602 g/mol. The Morgan fingerprint density at radius 3 is 2.46 bits per heavy atom. The number of sulfonamides is 1. The molecule has 0 saturated carbocycles. The van der Waals surface area contributed by atoms with E-state index >= 15 is 0 Å². The molecule has 2 aromatic carbocycles. The van der Waals surface area contributed by atoms with Crippen LogP contribution >= 0.6 is 11.6 Å². The molecule has 15 heteroatoms. The molecule has 214 valence electrons. The summed E-state index contributed by atoms with van der Waals surface area (Å²) in [4.78, 5) is 54.4. The van der Waals surface area contributed by atoms with E-state index in [0.29, 0.717) is 5.56 Å². The zero-order valence-electron chi connectivity index (χ0n) is 21.3. The molecule has 1 aliphatic heterocycles. The van der Waals surface area contributed by atoms with Gasteiger partial charge in [0.1, 0.15) is 5.15 Å². The topological polar surface area (TPSA) is 180 Å². The van der Waals surface area contributed by atoms with Crippen LogP contribution in [-0.2, 0) is 25.4 Å². The van der Waals surface area contributed by atoms with E-state index in [9.17, 15) is 38.0 Å². The average Bonchev–Trinajstić information content (AvgIpc) is 3.39. The van der Waals surface area contributed by atoms with E-state index in [1.54, 1.807) is 30.3 Å². The number of nitro benzene ring substituents is 1. The van der Waals surface area contributed by atoms with E-state index in [0.717, 1.165) is 15.3 Å². The van der Waals surface area contributed by atoms with Gasteiger partial charge in [0.15, 0.2) is 6.17 Å². The van der Waals surface area contributed by atoms with Gasteiger partial charge in [-0.2, -0.15) is 4.31 Å². The molecular formula is C26H24ClN5O8S. The summed E-state index contributed by atoms with van der Waals surface area (Å²) in [5.74, 6) is -3.45. The number of amides is 2. The van der Waals surface area contributed by atoms with Gasteiger partial charge in [-0.1, -0.05) is 54.1 Å². The zero-order chi connectivity index (χ0) is 29.7. The Labute approximate surface area is 239 Å². The van der Waals surface area contributed by atoms with Crippen LogP contribution in [0.2, 0.25) is 5.15 Å². The first-order valence-corrected chi connectivity index (χ1v) is 14.2. The van der Waals surface area contributed by atoms with Crippen LogP contribution in [0.5, 0.6) is 0 Å². The maximum Gasteiger partial charge on any atom is 0.305 e. The van der Waals surface area contributed by atoms with E-state index in [1.807, 2.05) is 0 Å². The Morgan fingerprint density at radius 2 is 1.83 bits per heavy atom. The van der Waals surface area contributed by atoms with Crippen molar-refractivity contribution in [3.8, 4) is 0 Å². The number of pyridine rings is 1. The van der Waals surface area contributed by atoms with Gasteiger partial charge < -0.3 is 15.3 Å². The molecule has 4 rings (SSSR count). The third kappa shape index (κ3) is 7.03. The van der Waals surface area contributed by atoms with Gasteiger partial charge in [0, 0.05) is 31.4 Å². The Bertz CT molecular complexity index is 1570. The number of aromatic nitrogens is 1. The fraction of sp³-hybridized carbons (Fsp3) is 0.231. The fourth-order valence-corrected chi connectivity index (χ4v) is 6.21. The molecule has 1 saturated heterocycles. The highest BCUT2D eigenvalue weighted by Crippen LogP contribution is 2.27. The van der Waals surface area contributed by atoms with Crippen LogP contribution in [0.1, 0.15) is 33.9 Å². The van der Waals surface area contributed by atoms with Gasteiger partial charge in [0.2, 0.25) is 10.0 Å². The second kappa shape index (κ2) is 12.4. The molecule has 13 nitrogen and oxygen atoms in total. The van der Waals surface area contributed by atoms with E-state index < -0.39 is 57.1 Å². The number of hydrogen-bond donors (Lipinski definition) is 2. The number of non-ortho nitro benzene ring substituents is 1. The summed E-state index contributed by atoms with van der Waals surface area (Å²) in [6.45, 7) is -0.353. The van der Waals surface area contributed by atoms with Crippen molar-refractivity contribution in [2.24, 2.45) is 0 Å². The number of nitro groups is 1. The predicted molar refractivity (Wildman–Crippen MR) is 146 cm³/mol. The van der Waals surface area contributed by atoms with Crippen molar-refractivity contribution in [1.82, 2.24) is 19.5 Å². The summed E-state index contributed by atoms with van der Waals surface area (Å²) >= 11 is 5.83. The maximum atomic E-state index is 13.8. The van der Waals surface area contributed by atoms with Crippen molar-refractivity contribution >= 4 is 45.1 Å². The van der Waals surface area contributed by atoms with Crippen molar-refractivity contribution in [2.75, 3.05) is 13.1 Å². The van der Waals surface area contributed by atoms with Gasteiger partial charge in [0.05, 0.1) is 28.7 Å². The second-order valence-corrected chi connectivity index (χ2v) is 11.4. The number of rotatable bonds is 10. The number of benzene rings is 2. The molecule has 1 aliphatic rings. The summed E-state index contributed by atoms with van der Waals surface area (Å²) in [7, 11) is -4.17. The van der Waals surface area contributed by atoms with Crippen molar-refractivity contribution in [3.63, 3.8) is 0 Å². The van der Waals surface area contributed by atoms with Gasteiger partial charge in [0.25, 0.3) is 17.5 Å². The maximum absolute atomic E-state index is 13.8. The summed E-state index contributed by atoms with van der Waals surface area (Å²) in [6, 6.07) is 14.8. The molecule has 2 unspecified atom stereocenters. The second-order valence-electron chi connectivity index (χ2n) is 9.11. The van der Waals surface area contributed by atoms with Crippen molar-refractivity contribution < 1.29 is 32.8 Å². The van der Waals surface area contributed by atoms with Crippen LogP contribution in [0.15, 0.2) is 72.9 Å². The minimum absolute atomic E-state index is 0.0512. The van der Waals surface area contributed by atoms with Crippen molar-refractivity contribution in [1.29, 1.82) is 0 Å². The molecule has 0 bridgehead atoms. The first kappa shape index (κ1) is 29.6. The number of halogens is 1. The van der Waals surface area contributed by atoms with E-state index in [1.165, 1.54) is 36.5 Å². The third-order valence-corrected chi connectivity index (χ3v) is 8.35. The van der Waals surface area contributed by atoms with E-state index in [2.05, 4.69) is 10.3 Å². The van der Waals surface area contributed by atoms with Crippen LogP contribution in [0.3, 0.4) is 0 Å². The molecule has 41 heavy (non-hydrogen) atoms. The first-order chi connectivity index (χ1) is 19.5. The molecule has 0 spiro atoms. The largest absolute Gasteiger partial charge is 0.481 e. The molecule has 0 aliphatic carbocycles. The predicted octanol–water partition coefficient (Wildman–Crippen LogP) is 2.59. The monoisotopic (exact) mass is 601 g/mol. The Kier molecular flexibility index (Phi) is 8.95. The SMILES string of the molecule is O=C(O)CC(NC(=O)C1N(C(=O)c2ccc(Cl)nc2)CCN1S(=O)(=O)Cc1ccccc1)c1cccc([N+](=O)[O-])c1. The highest BCUT2D eigenvalue weighted by Gasteiger charge is 2.46. The smallest absolute Gasteiger partial charge is 0.305 e. The van der Waals surface area contributed by atoms with Gasteiger partial charge in [-0.25, -0.2) is 13.4 Å². The molecule has 2 amide bonds. The molecule has 2 N–H and O–H groups in total. The van der Waals surface area contributed by atoms with Gasteiger partial charge in [-0.05, 0) is 23.3 Å². The van der Waals surface area contributed by atoms with Gasteiger partial charge >= 0.3 is 5.97 Å². The van der Waals surface area contributed by atoms with Crippen LogP contribution < -0.4 is 5.32 Å². The van der Waals surface area contributed by atoms with Crippen LogP contribution in [0.25, 0.3) is 0 Å². The minimum Gasteiger partial charge on any atom is -0.481 e. The summed E-state index contributed by atoms with van der Waals surface area (Å²) in [5, 5.41) is 23.4. The quantitative estimate of drug-likeness (QED) is 0.200. The van der Waals surface area contributed by atoms with E-state index in [4.69, 9.17) is 11.6 Å². The normalized spacial score (nSPS) is 16.2. The lowest BCUT2D eigenvalue weighted by molar-refractivity contribution is -0.384. The first-order valence-electron chi connectivity index (χ1n) is 12.2. The molecule has 1 fully saturated rings. The molecule has 0 radical (unpaired) electrons. The number of carbonyl (C=O) groups is 3. The van der Waals surface area contributed by atoms with Crippen LogP contribution in [0, 0.1) is 10.1 Å². The number of nitrogens with zero attached hydrogens (tertiary/aromatic N) is 4. The lowest BCUT2D eigenvalue weighted by Gasteiger charge is -2.30. The number of carboxylic acids is 1. The molecule has 2 atom stereocenters. The summed E-state index contributed by atoms with van der Waals surface area (Å²) in [5.41, 5.74) is 0.299. The summed E-state index contributed by atoms with van der Waals surface area (Å²) < 4.78 is 27.9. The van der Waals surface area contributed by atoms with Crippen molar-refractivity contribution in [2.45, 2.75) is 24.4 Å². The minimum atomic E-state index is -4.17. The molecular weight excluding hydrogens is 578 g/mol. The van der Waals surface area contributed by atoms with Crippen molar-refractivity contribution in [3.05, 3.63) is 105 Å². The highest BCUT2D eigenvalue weighted by molar-refractivity contribution is 7.88. The molecule has 1 aromatic heterocycles. The lowest BCUT2D eigenvalue weighted by Crippen LogP contribution is -2.54. The number of carbonyl (C=O) groups excluding carboxylic acids is 2. The zero-order valence-corrected chi connectivity index (χ0v) is 22.9. The van der Waals surface area contributed by atoms with Crippen LogP contribution in [-0.4, -0.2) is 69.7 Å². The van der Waals surface area contributed by atoms with E-state index in [-0.39, 0.29) is 35.1 Å². The third-order valence-electron chi connectivity index (χ3n) is 6.33. The molecule has 3 aromatic rings. The molecule has 2 heterocycles. The highest BCUT2D eigenvalue weighted by atomic mass is 35.5. The number of hydrogen-bond acceptors (Lipinski definition) is 8. The summed E-state index contributed by atoms with van der Waals surface area (Å²) in [6.07, 6.45) is -1.15. The fourth-order valence-electron chi connectivity index (χ4n) is 4.45. The number of carboxylic acid groups (broad SMARTS) is 1.